The second-order valence-electron chi connectivity index (χ2n) is 5.14. The second kappa shape index (κ2) is 5.93. The Labute approximate surface area is 120 Å². The number of halogens is 3. The number of carbonyl (C=O) groups excluding carboxylic acids is 1. The van der Waals surface area contributed by atoms with Gasteiger partial charge in [0, 0.05) is 30.7 Å². The molecule has 0 aromatic heterocycles. The van der Waals surface area contributed by atoms with Crippen molar-refractivity contribution < 1.29 is 22.7 Å². The van der Waals surface area contributed by atoms with E-state index in [1.54, 1.807) is 4.90 Å². The lowest BCUT2D eigenvalue weighted by Crippen LogP contribution is -2.57. The third kappa shape index (κ3) is 3.87. The van der Waals surface area contributed by atoms with Crippen LogP contribution in [0.25, 0.3) is 0 Å². The third-order valence-electron chi connectivity index (χ3n) is 3.40. The van der Waals surface area contributed by atoms with Crippen LogP contribution in [-0.2, 0) is 0 Å². The topological polar surface area (TPSA) is 41.6 Å². The van der Waals surface area contributed by atoms with Crippen molar-refractivity contribution in [1.82, 2.24) is 10.2 Å². The van der Waals surface area contributed by atoms with Crippen molar-refractivity contribution in [3.63, 3.8) is 0 Å². The molecule has 1 aliphatic heterocycles. The number of benzene rings is 1. The van der Waals surface area contributed by atoms with Crippen LogP contribution < -0.4 is 10.1 Å². The number of carbonyl (C=O) groups is 1. The van der Waals surface area contributed by atoms with Gasteiger partial charge in [0.05, 0.1) is 0 Å². The lowest BCUT2D eigenvalue weighted by molar-refractivity contribution is -0.274. The largest absolute Gasteiger partial charge is 0.573 e. The molecule has 0 saturated carbocycles. The standard InChI is InChI=1S/C14H17F3N2O2/c1-9-7-18-8-10(2)19(9)13(20)11-3-5-12(6-4-11)21-14(15,16)17/h3-6,9-10,18H,7-8H2,1-2H3. The number of piperazine rings is 1. The molecule has 2 rings (SSSR count). The maximum Gasteiger partial charge on any atom is 0.573 e. The maximum absolute atomic E-state index is 12.5. The van der Waals surface area contributed by atoms with Crippen LogP contribution in [0.4, 0.5) is 13.2 Å². The van der Waals surface area contributed by atoms with Gasteiger partial charge in [0.2, 0.25) is 0 Å². The van der Waals surface area contributed by atoms with Gasteiger partial charge in [0.1, 0.15) is 5.75 Å². The first-order chi connectivity index (χ1) is 9.78. The summed E-state index contributed by atoms with van der Waals surface area (Å²) < 4.78 is 40.1. The predicted molar refractivity (Wildman–Crippen MR) is 71.1 cm³/mol. The smallest absolute Gasteiger partial charge is 0.406 e. The van der Waals surface area contributed by atoms with Gasteiger partial charge in [-0.25, -0.2) is 0 Å². The SMILES string of the molecule is CC1CNCC(C)N1C(=O)c1ccc(OC(F)(F)F)cc1. The molecule has 116 valence electrons. The summed E-state index contributed by atoms with van der Waals surface area (Å²) in [6, 6.07) is 5.08. The van der Waals surface area contributed by atoms with E-state index in [4.69, 9.17) is 0 Å². The van der Waals surface area contributed by atoms with Crippen molar-refractivity contribution in [2.45, 2.75) is 32.3 Å². The molecular weight excluding hydrogens is 285 g/mol. The highest BCUT2D eigenvalue weighted by Gasteiger charge is 2.32. The monoisotopic (exact) mass is 302 g/mol. The summed E-state index contributed by atoms with van der Waals surface area (Å²) in [6.45, 7) is 5.26. The highest BCUT2D eigenvalue weighted by atomic mass is 19.4. The Bertz CT molecular complexity index is 492. The molecule has 1 amide bonds. The highest BCUT2D eigenvalue weighted by molar-refractivity contribution is 5.94. The Hall–Kier alpha value is -1.76. The number of rotatable bonds is 2. The van der Waals surface area contributed by atoms with E-state index in [0.717, 1.165) is 12.1 Å². The summed E-state index contributed by atoms with van der Waals surface area (Å²) in [6.07, 6.45) is -4.73. The maximum atomic E-state index is 12.5. The summed E-state index contributed by atoms with van der Waals surface area (Å²) >= 11 is 0. The lowest BCUT2D eigenvalue weighted by Gasteiger charge is -2.39. The minimum Gasteiger partial charge on any atom is -0.406 e. The Morgan fingerprint density at radius 1 is 1.19 bits per heavy atom. The van der Waals surface area contributed by atoms with Crippen LogP contribution in [0, 0.1) is 0 Å². The summed E-state index contributed by atoms with van der Waals surface area (Å²) in [4.78, 5) is 14.2. The molecule has 0 aliphatic carbocycles. The summed E-state index contributed by atoms with van der Waals surface area (Å²) in [5, 5.41) is 3.22. The molecule has 1 saturated heterocycles. The molecule has 1 aliphatic rings. The zero-order valence-corrected chi connectivity index (χ0v) is 11.8. The van der Waals surface area contributed by atoms with Crippen molar-refractivity contribution in [3.05, 3.63) is 29.8 Å². The van der Waals surface area contributed by atoms with Gasteiger partial charge in [-0.15, -0.1) is 13.2 Å². The van der Waals surface area contributed by atoms with Crippen LogP contribution >= 0.6 is 0 Å². The number of hydrogen-bond acceptors (Lipinski definition) is 3. The fourth-order valence-electron chi connectivity index (χ4n) is 2.48. The molecule has 2 atom stereocenters. The van der Waals surface area contributed by atoms with Gasteiger partial charge < -0.3 is 15.0 Å². The van der Waals surface area contributed by atoms with Crippen LogP contribution in [0.5, 0.6) is 5.75 Å². The summed E-state index contributed by atoms with van der Waals surface area (Å²) in [7, 11) is 0. The zero-order chi connectivity index (χ0) is 15.6. The van der Waals surface area contributed by atoms with E-state index >= 15 is 0 Å². The van der Waals surface area contributed by atoms with Crippen molar-refractivity contribution in [2.75, 3.05) is 13.1 Å². The van der Waals surface area contributed by atoms with E-state index in [2.05, 4.69) is 10.1 Å². The molecule has 2 unspecified atom stereocenters. The van der Waals surface area contributed by atoms with E-state index in [1.807, 2.05) is 13.8 Å². The van der Waals surface area contributed by atoms with Crippen LogP contribution in [0.1, 0.15) is 24.2 Å². The van der Waals surface area contributed by atoms with E-state index in [-0.39, 0.29) is 23.7 Å². The van der Waals surface area contributed by atoms with E-state index in [1.165, 1.54) is 12.1 Å². The van der Waals surface area contributed by atoms with Crippen molar-refractivity contribution in [3.8, 4) is 5.75 Å². The number of nitrogens with one attached hydrogen (secondary N) is 1. The number of amides is 1. The molecule has 1 aromatic rings. The molecule has 4 nitrogen and oxygen atoms in total. The number of alkyl halides is 3. The van der Waals surface area contributed by atoms with Crippen LogP contribution in [0.15, 0.2) is 24.3 Å². The first kappa shape index (κ1) is 15.6. The van der Waals surface area contributed by atoms with Crippen LogP contribution in [-0.4, -0.2) is 42.3 Å². The average Bonchev–Trinajstić information content (AvgIpc) is 2.37. The molecule has 7 heteroatoms. The minimum absolute atomic E-state index is 0.0346. The fourth-order valence-corrected chi connectivity index (χ4v) is 2.48. The van der Waals surface area contributed by atoms with Gasteiger partial charge in [0.15, 0.2) is 0 Å². The molecule has 1 heterocycles. The van der Waals surface area contributed by atoms with E-state index in [9.17, 15) is 18.0 Å². The molecule has 0 spiro atoms. The highest BCUT2D eigenvalue weighted by Crippen LogP contribution is 2.23. The molecule has 0 bridgehead atoms. The number of hydrogen-bond donors (Lipinski definition) is 1. The van der Waals surface area contributed by atoms with Crippen molar-refractivity contribution in [2.24, 2.45) is 0 Å². The Morgan fingerprint density at radius 3 is 2.19 bits per heavy atom. The van der Waals surface area contributed by atoms with Gasteiger partial charge >= 0.3 is 6.36 Å². The zero-order valence-electron chi connectivity index (χ0n) is 11.8. The van der Waals surface area contributed by atoms with Crippen LogP contribution in [0.3, 0.4) is 0 Å². The Morgan fingerprint density at radius 2 is 1.71 bits per heavy atom. The predicted octanol–water partition coefficient (Wildman–Crippen LogP) is 2.41. The molecular formula is C14H17F3N2O2. The van der Waals surface area contributed by atoms with Crippen LogP contribution in [0.2, 0.25) is 0 Å². The Balaban J connectivity index is 2.12. The normalized spacial score (nSPS) is 23.0. The van der Waals surface area contributed by atoms with Gasteiger partial charge in [-0.2, -0.15) is 0 Å². The third-order valence-corrected chi connectivity index (χ3v) is 3.40. The van der Waals surface area contributed by atoms with Gasteiger partial charge in [-0.1, -0.05) is 0 Å². The molecule has 1 aromatic carbocycles. The van der Waals surface area contributed by atoms with Gasteiger partial charge in [0.25, 0.3) is 5.91 Å². The average molecular weight is 302 g/mol. The minimum atomic E-state index is -4.73. The molecule has 1 fully saturated rings. The van der Waals surface area contributed by atoms with Gasteiger partial charge in [-0.3, -0.25) is 4.79 Å². The first-order valence-corrected chi connectivity index (χ1v) is 6.67. The fraction of sp³-hybridized carbons (Fsp3) is 0.500. The number of ether oxygens (including phenoxy) is 1. The van der Waals surface area contributed by atoms with E-state index < -0.39 is 6.36 Å². The quantitative estimate of drug-likeness (QED) is 0.912. The number of nitrogens with zero attached hydrogens (tertiary/aromatic N) is 1. The van der Waals surface area contributed by atoms with Gasteiger partial charge in [-0.05, 0) is 38.1 Å². The summed E-state index contributed by atoms with van der Waals surface area (Å²) in [5.41, 5.74) is 0.352. The molecule has 21 heavy (non-hydrogen) atoms. The summed E-state index contributed by atoms with van der Waals surface area (Å²) in [5.74, 6) is -0.518. The Kier molecular flexibility index (Phi) is 4.41. The molecule has 0 radical (unpaired) electrons. The van der Waals surface area contributed by atoms with Crippen molar-refractivity contribution in [1.29, 1.82) is 0 Å². The van der Waals surface area contributed by atoms with Crippen molar-refractivity contribution >= 4 is 5.91 Å². The van der Waals surface area contributed by atoms with E-state index in [0.29, 0.717) is 18.7 Å². The molecule has 1 N–H and O–H groups in total. The lowest BCUT2D eigenvalue weighted by atomic mass is 10.1. The first-order valence-electron chi connectivity index (χ1n) is 6.67. The second-order valence-corrected chi connectivity index (χ2v) is 5.14.